The van der Waals surface area contributed by atoms with Crippen molar-refractivity contribution < 1.29 is 9.90 Å². The van der Waals surface area contributed by atoms with Crippen molar-refractivity contribution in [3.05, 3.63) is 35.4 Å². The van der Waals surface area contributed by atoms with Crippen LogP contribution in [0.25, 0.3) is 0 Å². The Hall–Kier alpha value is -1.31. The van der Waals surface area contributed by atoms with Crippen LogP contribution in [0.1, 0.15) is 52.7 Å². The highest BCUT2D eigenvalue weighted by Crippen LogP contribution is 2.32. The van der Waals surface area contributed by atoms with E-state index in [0.29, 0.717) is 6.42 Å². The standard InChI is InChI=1S/C17H26O2/c1-12(2)17(6,15(18)19)11-13-7-9-14(10-8-13)16(3,4)5/h7-10,12H,11H2,1-6H3,(H,18,19). The first-order valence-electron chi connectivity index (χ1n) is 6.90. The van der Waals surface area contributed by atoms with Crippen molar-refractivity contribution in [1.29, 1.82) is 0 Å². The van der Waals surface area contributed by atoms with Gasteiger partial charge in [0.1, 0.15) is 0 Å². The van der Waals surface area contributed by atoms with E-state index in [1.165, 1.54) is 5.56 Å². The molecule has 0 amide bonds. The molecule has 0 aliphatic carbocycles. The van der Waals surface area contributed by atoms with E-state index in [2.05, 4.69) is 45.0 Å². The van der Waals surface area contributed by atoms with Gasteiger partial charge in [-0.2, -0.15) is 0 Å². The van der Waals surface area contributed by atoms with Gasteiger partial charge in [0.15, 0.2) is 0 Å². The Bertz CT molecular complexity index is 437. The van der Waals surface area contributed by atoms with Gasteiger partial charge in [-0.1, -0.05) is 58.9 Å². The lowest BCUT2D eigenvalue weighted by molar-refractivity contribution is -0.150. The molecule has 0 aliphatic rings. The van der Waals surface area contributed by atoms with Crippen LogP contribution in [0.2, 0.25) is 0 Å². The van der Waals surface area contributed by atoms with Crippen LogP contribution in [0, 0.1) is 11.3 Å². The van der Waals surface area contributed by atoms with Gasteiger partial charge in [-0.25, -0.2) is 0 Å². The lowest BCUT2D eigenvalue weighted by Crippen LogP contribution is -2.35. The summed E-state index contributed by atoms with van der Waals surface area (Å²) >= 11 is 0. The third kappa shape index (κ3) is 3.59. The van der Waals surface area contributed by atoms with Crippen molar-refractivity contribution in [1.82, 2.24) is 0 Å². The Morgan fingerprint density at radius 2 is 1.58 bits per heavy atom. The topological polar surface area (TPSA) is 37.3 Å². The third-order valence-electron chi connectivity index (χ3n) is 4.15. The van der Waals surface area contributed by atoms with Crippen LogP contribution in [0.15, 0.2) is 24.3 Å². The zero-order valence-corrected chi connectivity index (χ0v) is 12.9. The second-order valence-electron chi connectivity index (χ2n) is 7.00. The minimum atomic E-state index is -0.720. The quantitative estimate of drug-likeness (QED) is 0.879. The molecule has 0 aliphatic heterocycles. The van der Waals surface area contributed by atoms with Gasteiger partial charge < -0.3 is 5.11 Å². The van der Waals surface area contributed by atoms with E-state index in [4.69, 9.17) is 0 Å². The van der Waals surface area contributed by atoms with Crippen LogP contribution in [0.5, 0.6) is 0 Å². The second-order valence-corrected chi connectivity index (χ2v) is 7.00. The number of carboxylic acids is 1. The average molecular weight is 262 g/mol. The maximum atomic E-state index is 11.5. The number of carboxylic acid groups (broad SMARTS) is 1. The number of hydrogen-bond donors (Lipinski definition) is 1. The summed E-state index contributed by atoms with van der Waals surface area (Å²) in [6.45, 7) is 12.3. The minimum Gasteiger partial charge on any atom is -0.481 e. The molecule has 2 nitrogen and oxygen atoms in total. The van der Waals surface area contributed by atoms with Gasteiger partial charge in [0.2, 0.25) is 0 Å². The van der Waals surface area contributed by atoms with E-state index in [0.717, 1.165) is 5.56 Å². The number of aliphatic carboxylic acids is 1. The molecule has 0 aromatic heterocycles. The molecule has 0 spiro atoms. The molecule has 1 N–H and O–H groups in total. The van der Waals surface area contributed by atoms with Crippen molar-refractivity contribution in [2.24, 2.45) is 11.3 Å². The van der Waals surface area contributed by atoms with Gasteiger partial charge in [-0.05, 0) is 35.8 Å². The van der Waals surface area contributed by atoms with E-state index >= 15 is 0 Å². The highest BCUT2D eigenvalue weighted by atomic mass is 16.4. The van der Waals surface area contributed by atoms with Crippen LogP contribution in [-0.2, 0) is 16.6 Å². The van der Waals surface area contributed by atoms with E-state index in [1.807, 2.05) is 20.8 Å². The molecule has 0 saturated carbocycles. The number of hydrogen-bond acceptors (Lipinski definition) is 1. The first kappa shape index (κ1) is 15.7. The zero-order valence-electron chi connectivity index (χ0n) is 12.9. The fourth-order valence-electron chi connectivity index (χ4n) is 2.07. The van der Waals surface area contributed by atoms with Crippen molar-refractivity contribution in [3.63, 3.8) is 0 Å². The van der Waals surface area contributed by atoms with Gasteiger partial charge in [0.25, 0.3) is 0 Å². The summed E-state index contributed by atoms with van der Waals surface area (Å²) in [5, 5.41) is 9.45. The van der Waals surface area contributed by atoms with Gasteiger partial charge in [-0.3, -0.25) is 4.79 Å². The van der Waals surface area contributed by atoms with Gasteiger partial charge in [0.05, 0.1) is 5.41 Å². The Kier molecular flexibility index (Phi) is 4.44. The molecule has 0 radical (unpaired) electrons. The molecule has 0 heterocycles. The van der Waals surface area contributed by atoms with Crippen LogP contribution >= 0.6 is 0 Å². The predicted molar refractivity (Wildman–Crippen MR) is 79.4 cm³/mol. The first-order chi connectivity index (χ1) is 8.57. The van der Waals surface area contributed by atoms with Crippen molar-refractivity contribution in [2.75, 3.05) is 0 Å². The summed E-state index contributed by atoms with van der Waals surface area (Å²) in [4.78, 5) is 11.5. The van der Waals surface area contributed by atoms with E-state index < -0.39 is 11.4 Å². The first-order valence-corrected chi connectivity index (χ1v) is 6.90. The summed E-state index contributed by atoms with van der Waals surface area (Å²) in [6, 6.07) is 8.34. The molecule has 1 aromatic carbocycles. The van der Waals surface area contributed by atoms with Crippen LogP contribution in [0.3, 0.4) is 0 Å². The maximum absolute atomic E-state index is 11.5. The largest absolute Gasteiger partial charge is 0.481 e. The summed E-state index contributed by atoms with van der Waals surface area (Å²) < 4.78 is 0. The fraction of sp³-hybridized carbons (Fsp3) is 0.588. The molecule has 0 bridgehead atoms. The summed E-state index contributed by atoms with van der Waals surface area (Å²) in [6.07, 6.45) is 0.574. The average Bonchev–Trinajstić information content (AvgIpc) is 2.27. The molecular weight excluding hydrogens is 236 g/mol. The van der Waals surface area contributed by atoms with Crippen molar-refractivity contribution in [3.8, 4) is 0 Å². The van der Waals surface area contributed by atoms with Crippen LogP contribution < -0.4 is 0 Å². The van der Waals surface area contributed by atoms with E-state index in [-0.39, 0.29) is 11.3 Å². The highest BCUT2D eigenvalue weighted by Gasteiger charge is 2.36. The smallest absolute Gasteiger partial charge is 0.309 e. The predicted octanol–water partition coefficient (Wildman–Crippen LogP) is 4.27. The zero-order chi connectivity index (χ0) is 14.8. The van der Waals surface area contributed by atoms with Gasteiger partial charge in [-0.15, -0.1) is 0 Å². The van der Waals surface area contributed by atoms with Gasteiger partial charge >= 0.3 is 5.97 Å². The van der Waals surface area contributed by atoms with Crippen LogP contribution in [0.4, 0.5) is 0 Å². The fourth-order valence-corrected chi connectivity index (χ4v) is 2.07. The SMILES string of the molecule is CC(C)C(C)(Cc1ccc(C(C)(C)C)cc1)C(=O)O. The third-order valence-corrected chi connectivity index (χ3v) is 4.15. The summed E-state index contributed by atoms with van der Waals surface area (Å²) in [5.41, 5.74) is 1.79. The van der Waals surface area contributed by atoms with Crippen molar-refractivity contribution in [2.45, 2.75) is 53.4 Å². The Balaban J connectivity index is 2.97. The molecule has 0 saturated heterocycles. The summed E-state index contributed by atoms with van der Waals surface area (Å²) in [5.74, 6) is -0.616. The van der Waals surface area contributed by atoms with E-state index in [1.54, 1.807) is 0 Å². The lowest BCUT2D eigenvalue weighted by Gasteiger charge is -2.29. The Labute approximate surface area is 116 Å². The Morgan fingerprint density at radius 3 is 1.89 bits per heavy atom. The molecule has 19 heavy (non-hydrogen) atoms. The maximum Gasteiger partial charge on any atom is 0.309 e. The molecule has 0 fully saturated rings. The van der Waals surface area contributed by atoms with E-state index in [9.17, 15) is 9.90 Å². The normalized spacial score (nSPS) is 15.3. The molecule has 1 aromatic rings. The number of benzene rings is 1. The monoisotopic (exact) mass is 262 g/mol. The molecular formula is C17H26O2. The molecule has 2 heteroatoms. The summed E-state index contributed by atoms with van der Waals surface area (Å²) in [7, 11) is 0. The molecule has 1 unspecified atom stereocenters. The Morgan fingerprint density at radius 1 is 1.11 bits per heavy atom. The van der Waals surface area contributed by atoms with Crippen molar-refractivity contribution >= 4 is 5.97 Å². The lowest BCUT2D eigenvalue weighted by atomic mass is 9.74. The minimum absolute atomic E-state index is 0.104. The van der Waals surface area contributed by atoms with Crippen LogP contribution in [-0.4, -0.2) is 11.1 Å². The number of rotatable bonds is 4. The van der Waals surface area contributed by atoms with Gasteiger partial charge in [0, 0.05) is 0 Å². The molecule has 106 valence electrons. The number of carbonyl (C=O) groups is 1. The highest BCUT2D eigenvalue weighted by molar-refractivity contribution is 5.75. The molecule has 1 rings (SSSR count). The second kappa shape index (κ2) is 5.36. The molecule has 1 atom stereocenters.